The highest BCUT2D eigenvalue weighted by Gasteiger charge is 2.20. The molecule has 0 fully saturated rings. The molecule has 0 amide bonds. The number of aromatic nitrogens is 2. The molecule has 1 aromatic heterocycles. The zero-order valence-electron chi connectivity index (χ0n) is 9.86. The first-order valence-electron chi connectivity index (χ1n) is 5.37. The lowest BCUT2D eigenvalue weighted by Gasteiger charge is -2.09. The Hall–Kier alpha value is -0.820. The fourth-order valence-corrected chi connectivity index (χ4v) is 3.35. The molecule has 5 nitrogen and oxygen atoms in total. The van der Waals surface area contributed by atoms with Crippen molar-refractivity contribution in [2.45, 2.75) is 24.2 Å². The van der Waals surface area contributed by atoms with E-state index in [0.29, 0.717) is 5.82 Å². The summed E-state index contributed by atoms with van der Waals surface area (Å²) in [5, 5.41) is 3.17. The fourth-order valence-electron chi connectivity index (χ4n) is 1.72. The van der Waals surface area contributed by atoms with E-state index in [0.717, 1.165) is 35.1 Å². The molecule has 1 aromatic rings. The molecule has 0 saturated heterocycles. The number of rotatable bonds is 4. The quantitative estimate of drug-likeness (QED) is 0.888. The van der Waals surface area contributed by atoms with E-state index in [9.17, 15) is 8.42 Å². The number of nitrogens with zero attached hydrogens (tertiary/aromatic N) is 2. The van der Waals surface area contributed by atoms with Gasteiger partial charge in [0.05, 0.1) is 5.69 Å². The van der Waals surface area contributed by atoms with Crippen LogP contribution in [0.4, 0.5) is 5.82 Å². The van der Waals surface area contributed by atoms with Crippen molar-refractivity contribution in [3.8, 4) is 0 Å². The van der Waals surface area contributed by atoms with Gasteiger partial charge in [-0.25, -0.2) is 18.4 Å². The zero-order valence-corrected chi connectivity index (χ0v) is 11.5. The van der Waals surface area contributed by atoms with E-state index < -0.39 is 9.84 Å². The SMILES string of the molecule is CCNc1nc(CS(C)(=O)=O)nc2c1CSC2. The van der Waals surface area contributed by atoms with Crippen molar-refractivity contribution in [1.82, 2.24) is 9.97 Å². The van der Waals surface area contributed by atoms with Crippen molar-refractivity contribution in [3.63, 3.8) is 0 Å². The molecule has 1 aliphatic heterocycles. The predicted molar refractivity (Wildman–Crippen MR) is 69.7 cm³/mol. The molecule has 7 heteroatoms. The van der Waals surface area contributed by atoms with Crippen molar-refractivity contribution in [1.29, 1.82) is 0 Å². The molecule has 0 radical (unpaired) electrons. The summed E-state index contributed by atoms with van der Waals surface area (Å²) in [5.74, 6) is 2.83. The Morgan fingerprint density at radius 3 is 2.76 bits per heavy atom. The topological polar surface area (TPSA) is 72.0 Å². The van der Waals surface area contributed by atoms with Gasteiger partial charge in [-0.15, -0.1) is 0 Å². The lowest BCUT2D eigenvalue weighted by molar-refractivity contribution is 0.599. The second-order valence-electron chi connectivity index (χ2n) is 4.01. The molecule has 0 saturated carbocycles. The summed E-state index contributed by atoms with van der Waals surface area (Å²) in [7, 11) is -3.09. The molecule has 0 aliphatic carbocycles. The van der Waals surface area contributed by atoms with Crippen LogP contribution in [0.1, 0.15) is 24.0 Å². The third kappa shape index (κ3) is 3.10. The maximum Gasteiger partial charge on any atom is 0.154 e. The minimum absolute atomic E-state index is 0.0939. The van der Waals surface area contributed by atoms with Gasteiger partial charge in [-0.3, -0.25) is 0 Å². The van der Waals surface area contributed by atoms with Crippen molar-refractivity contribution in [2.75, 3.05) is 18.1 Å². The minimum Gasteiger partial charge on any atom is -0.370 e. The molecule has 0 atom stereocenters. The fraction of sp³-hybridized carbons (Fsp3) is 0.600. The van der Waals surface area contributed by atoms with E-state index in [1.165, 1.54) is 6.26 Å². The first-order valence-corrected chi connectivity index (χ1v) is 8.59. The first-order chi connectivity index (χ1) is 7.99. The van der Waals surface area contributed by atoms with Crippen LogP contribution in [0.5, 0.6) is 0 Å². The third-order valence-corrected chi connectivity index (χ3v) is 4.11. The Kier molecular flexibility index (Phi) is 3.58. The summed E-state index contributed by atoms with van der Waals surface area (Å²) in [5.41, 5.74) is 2.09. The van der Waals surface area contributed by atoms with Crippen LogP contribution in [-0.2, 0) is 27.1 Å². The number of thioether (sulfide) groups is 1. The summed E-state index contributed by atoms with van der Waals surface area (Å²) >= 11 is 1.78. The Labute approximate surface area is 105 Å². The van der Waals surface area contributed by atoms with Gasteiger partial charge in [0.1, 0.15) is 17.4 Å². The second-order valence-corrected chi connectivity index (χ2v) is 7.13. The van der Waals surface area contributed by atoms with Gasteiger partial charge in [-0.1, -0.05) is 0 Å². The summed E-state index contributed by atoms with van der Waals surface area (Å²) < 4.78 is 22.5. The van der Waals surface area contributed by atoms with Crippen LogP contribution in [0.2, 0.25) is 0 Å². The van der Waals surface area contributed by atoms with Gasteiger partial charge < -0.3 is 5.32 Å². The molecule has 1 N–H and O–H groups in total. The van der Waals surface area contributed by atoms with Crippen LogP contribution in [0.15, 0.2) is 0 Å². The summed E-state index contributed by atoms with van der Waals surface area (Å²) in [6.45, 7) is 2.76. The Balaban J connectivity index is 2.39. The van der Waals surface area contributed by atoms with Crippen LogP contribution < -0.4 is 5.32 Å². The molecule has 2 rings (SSSR count). The standard InChI is InChI=1S/C10H15N3O2S2/c1-3-11-10-7-4-16-5-8(7)12-9(13-10)6-17(2,14)15/h3-6H2,1-2H3,(H,11,12,13). The molecule has 94 valence electrons. The molecular formula is C10H15N3O2S2. The number of fused-ring (bicyclic) bond motifs is 1. The van der Waals surface area contributed by atoms with Crippen LogP contribution in [0.25, 0.3) is 0 Å². The molecule has 0 unspecified atom stereocenters. The van der Waals surface area contributed by atoms with Crippen molar-refractivity contribution in [3.05, 3.63) is 17.1 Å². The Morgan fingerprint density at radius 1 is 1.35 bits per heavy atom. The number of hydrogen-bond acceptors (Lipinski definition) is 6. The number of hydrogen-bond donors (Lipinski definition) is 1. The Bertz CT molecular complexity index is 529. The highest BCUT2D eigenvalue weighted by atomic mass is 32.2. The lowest BCUT2D eigenvalue weighted by atomic mass is 10.2. The van der Waals surface area contributed by atoms with Gasteiger partial charge in [0.2, 0.25) is 0 Å². The number of sulfone groups is 1. The van der Waals surface area contributed by atoms with Gasteiger partial charge in [0.15, 0.2) is 9.84 Å². The number of anilines is 1. The van der Waals surface area contributed by atoms with Gasteiger partial charge >= 0.3 is 0 Å². The van der Waals surface area contributed by atoms with E-state index in [4.69, 9.17) is 0 Å². The smallest absolute Gasteiger partial charge is 0.154 e. The highest BCUT2D eigenvalue weighted by Crippen LogP contribution is 2.32. The van der Waals surface area contributed by atoms with E-state index in [1.54, 1.807) is 11.8 Å². The first kappa shape index (κ1) is 12.6. The monoisotopic (exact) mass is 273 g/mol. The maximum absolute atomic E-state index is 11.3. The average Bonchev–Trinajstić information content (AvgIpc) is 2.63. The molecule has 0 bridgehead atoms. The van der Waals surface area contributed by atoms with Crippen LogP contribution in [-0.4, -0.2) is 31.2 Å². The largest absolute Gasteiger partial charge is 0.370 e. The summed E-state index contributed by atoms with van der Waals surface area (Å²) in [6.07, 6.45) is 1.20. The second kappa shape index (κ2) is 4.81. The van der Waals surface area contributed by atoms with Crippen molar-refractivity contribution >= 4 is 27.4 Å². The van der Waals surface area contributed by atoms with Crippen LogP contribution in [0.3, 0.4) is 0 Å². The van der Waals surface area contributed by atoms with Gasteiger partial charge in [-0.2, -0.15) is 11.8 Å². The lowest BCUT2D eigenvalue weighted by Crippen LogP contribution is -2.11. The normalized spacial score (nSPS) is 14.7. The summed E-state index contributed by atoms with van der Waals surface area (Å²) in [4.78, 5) is 8.64. The molecule has 1 aliphatic rings. The van der Waals surface area contributed by atoms with E-state index in [1.807, 2.05) is 6.92 Å². The van der Waals surface area contributed by atoms with E-state index >= 15 is 0 Å². The molecule has 17 heavy (non-hydrogen) atoms. The van der Waals surface area contributed by atoms with Gasteiger partial charge in [0, 0.05) is 29.9 Å². The minimum atomic E-state index is -3.09. The van der Waals surface area contributed by atoms with E-state index in [2.05, 4.69) is 15.3 Å². The Morgan fingerprint density at radius 2 is 2.12 bits per heavy atom. The van der Waals surface area contributed by atoms with Gasteiger partial charge in [-0.05, 0) is 6.92 Å². The maximum atomic E-state index is 11.3. The predicted octanol–water partition coefficient (Wildman–Crippen LogP) is 1.20. The highest BCUT2D eigenvalue weighted by molar-refractivity contribution is 7.98. The molecule has 0 spiro atoms. The summed E-state index contributed by atoms with van der Waals surface area (Å²) in [6, 6.07) is 0. The molecule has 2 heterocycles. The van der Waals surface area contributed by atoms with Crippen molar-refractivity contribution < 1.29 is 8.42 Å². The van der Waals surface area contributed by atoms with Crippen LogP contribution in [0, 0.1) is 0 Å². The van der Waals surface area contributed by atoms with Crippen LogP contribution >= 0.6 is 11.8 Å². The van der Waals surface area contributed by atoms with Gasteiger partial charge in [0.25, 0.3) is 0 Å². The van der Waals surface area contributed by atoms with Crippen molar-refractivity contribution in [2.24, 2.45) is 0 Å². The number of nitrogens with one attached hydrogen (secondary N) is 1. The average molecular weight is 273 g/mol. The molecular weight excluding hydrogens is 258 g/mol. The van der Waals surface area contributed by atoms with E-state index in [-0.39, 0.29) is 5.75 Å². The third-order valence-electron chi connectivity index (χ3n) is 2.36. The zero-order chi connectivity index (χ0) is 12.5. The molecule has 0 aromatic carbocycles.